The Labute approximate surface area is 142 Å². The normalized spacial score (nSPS) is 10.9. The third-order valence-electron chi connectivity index (χ3n) is 3.89. The van der Waals surface area contributed by atoms with Crippen molar-refractivity contribution in [3.63, 3.8) is 0 Å². The average Bonchev–Trinajstić information content (AvgIpc) is 2.99. The molecule has 0 saturated carbocycles. The van der Waals surface area contributed by atoms with Crippen LogP contribution in [0.3, 0.4) is 0 Å². The van der Waals surface area contributed by atoms with Crippen LogP contribution in [0.2, 0.25) is 0 Å². The van der Waals surface area contributed by atoms with E-state index in [-0.39, 0.29) is 22.5 Å². The molecule has 0 amide bonds. The predicted molar refractivity (Wildman–Crippen MR) is 91.9 cm³/mol. The maximum absolute atomic E-state index is 14.9. The number of hydrogen-bond donors (Lipinski definition) is 2. The molecule has 0 bridgehead atoms. The zero-order valence-corrected chi connectivity index (χ0v) is 13.4. The van der Waals surface area contributed by atoms with Gasteiger partial charge in [-0.15, -0.1) is 0 Å². The summed E-state index contributed by atoms with van der Waals surface area (Å²) in [6.07, 6.45) is 2.89. The summed E-state index contributed by atoms with van der Waals surface area (Å²) in [6.45, 7) is 2.76. The first kappa shape index (κ1) is 16.8. The molecule has 0 aliphatic rings. The number of imidazole rings is 1. The monoisotopic (exact) mass is 343 g/mol. The Kier molecular flexibility index (Phi) is 4.33. The van der Waals surface area contributed by atoms with Crippen molar-refractivity contribution in [1.82, 2.24) is 9.55 Å². The Bertz CT molecular complexity index is 996. The van der Waals surface area contributed by atoms with Crippen LogP contribution in [-0.4, -0.2) is 27.0 Å². The van der Waals surface area contributed by atoms with Gasteiger partial charge >= 0.3 is 0 Å². The van der Waals surface area contributed by atoms with Gasteiger partial charge in [0.25, 0.3) is 0 Å². The smallest absolute Gasteiger partial charge is 0.190 e. The van der Waals surface area contributed by atoms with E-state index >= 15 is 0 Å². The van der Waals surface area contributed by atoms with Crippen LogP contribution in [-0.2, 0) is 7.05 Å². The average molecular weight is 343 g/mol. The van der Waals surface area contributed by atoms with Gasteiger partial charge in [-0.05, 0) is 23.8 Å². The molecule has 25 heavy (non-hydrogen) atoms. The molecule has 0 spiro atoms. The van der Waals surface area contributed by atoms with E-state index in [1.165, 1.54) is 30.6 Å². The molecule has 0 atom stereocenters. The van der Waals surface area contributed by atoms with E-state index in [1.54, 1.807) is 17.7 Å². The number of anilines is 2. The van der Waals surface area contributed by atoms with Crippen molar-refractivity contribution in [3.05, 3.63) is 59.9 Å². The van der Waals surface area contributed by atoms with Gasteiger partial charge < -0.3 is 15.0 Å². The predicted octanol–water partition coefficient (Wildman–Crippen LogP) is 3.41. The highest BCUT2D eigenvalue weighted by atomic mass is 19.1. The van der Waals surface area contributed by atoms with E-state index in [9.17, 15) is 18.7 Å². The molecule has 0 unspecified atom stereocenters. The Balaban J connectivity index is 2.18. The van der Waals surface area contributed by atoms with Gasteiger partial charge in [0.1, 0.15) is 17.9 Å². The second-order valence-corrected chi connectivity index (χ2v) is 5.49. The van der Waals surface area contributed by atoms with Crippen molar-refractivity contribution in [2.75, 3.05) is 11.9 Å². The number of nitrogens with one attached hydrogen (secondary N) is 1. The summed E-state index contributed by atoms with van der Waals surface area (Å²) in [4.78, 5) is 16.0. The number of hydrogen-bond acceptors (Lipinski definition) is 4. The molecule has 1 aromatic heterocycles. The third-order valence-corrected chi connectivity index (χ3v) is 3.89. The lowest BCUT2D eigenvalue weighted by Gasteiger charge is -2.14. The number of benzene rings is 2. The highest BCUT2D eigenvalue weighted by Crippen LogP contribution is 2.32. The fourth-order valence-electron chi connectivity index (χ4n) is 2.55. The Morgan fingerprint density at radius 1 is 1.40 bits per heavy atom. The number of nitrogens with zero attached hydrogens (tertiary/aromatic N) is 2. The molecule has 2 N–H and O–H groups in total. The Morgan fingerprint density at radius 2 is 2.16 bits per heavy atom. The molecular weight excluding hydrogens is 328 g/mol. The fourth-order valence-corrected chi connectivity index (χ4v) is 2.55. The molecule has 3 rings (SSSR count). The number of fused-ring (bicyclic) bond motifs is 1. The van der Waals surface area contributed by atoms with Crippen LogP contribution in [0.5, 0.6) is 0 Å². The van der Waals surface area contributed by atoms with Crippen molar-refractivity contribution < 1.29 is 18.7 Å². The summed E-state index contributed by atoms with van der Waals surface area (Å²) in [6, 6.07) is 5.67. The molecule has 1 heterocycles. The molecule has 0 fully saturated rings. The van der Waals surface area contributed by atoms with Gasteiger partial charge in [-0.2, -0.15) is 0 Å². The van der Waals surface area contributed by atoms with Gasteiger partial charge in [-0.3, -0.25) is 4.79 Å². The fraction of sp³-hybridized carbons (Fsp3) is 0.111. The number of aliphatic hydroxyl groups is 1. The van der Waals surface area contributed by atoms with E-state index < -0.39 is 24.0 Å². The minimum Gasteiger partial charge on any atom is -0.388 e. The summed E-state index contributed by atoms with van der Waals surface area (Å²) < 4.78 is 30.6. The Hall–Kier alpha value is -3.06. The molecule has 0 radical (unpaired) electrons. The van der Waals surface area contributed by atoms with Gasteiger partial charge in [0, 0.05) is 12.6 Å². The lowest BCUT2D eigenvalue weighted by atomic mass is 10.1. The van der Waals surface area contributed by atoms with Crippen molar-refractivity contribution in [3.8, 4) is 0 Å². The van der Waals surface area contributed by atoms with Crippen LogP contribution >= 0.6 is 0 Å². The van der Waals surface area contributed by atoms with Crippen molar-refractivity contribution >= 4 is 34.3 Å². The standard InChI is InChI=1S/C18H15F2N3O2/c1-3-10-4-5-13(12(19)6-10)22-17-11(15(25)8-24)7-14-18(16(17)20)21-9-23(14)2/h3-7,9,22,24H,1,8H2,2H3. The maximum atomic E-state index is 14.9. The van der Waals surface area contributed by atoms with E-state index in [0.717, 1.165) is 0 Å². The summed E-state index contributed by atoms with van der Waals surface area (Å²) in [5.41, 5.74) is 0.686. The zero-order valence-electron chi connectivity index (χ0n) is 13.4. The molecule has 0 aliphatic heterocycles. The molecule has 0 aliphatic carbocycles. The summed E-state index contributed by atoms with van der Waals surface area (Å²) in [5.74, 6) is -2.10. The number of aliphatic hydroxyl groups excluding tert-OH is 1. The van der Waals surface area contributed by atoms with Crippen LogP contribution in [0.1, 0.15) is 15.9 Å². The molecular formula is C18H15F2N3O2. The van der Waals surface area contributed by atoms with Crippen molar-refractivity contribution in [2.24, 2.45) is 7.05 Å². The minimum atomic E-state index is -0.796. The quantitative estimate of drug-likeness (QED) is 0.697. The first-order valence-corrected chi connectivity index (χ1v) is 7.43. The van der Waals surface area contributed by atoms with Crippen LogP contribution in [0.25, 0.3) is 17.1 Å². The highest BCUT2D eigenvalue weighted by molar-refractivity contribution is 6.06. The number of carbonyl (C=O) groups excluding carboxylic acids is 1. The van der Waals surface area contributed by atoms with Gasteiger partial charge in [0.05, 0.1) is 23.2 Å². The Morgan fingerprint density at radius 3 is 2.80 bits per heavy atom. The summed E-state index contributed by atoms with van der Waals surface area (Å²) in [7, 11) is 1.66. The lowest BCUT2D eigenvalue weighted by molar-refractivity contribution is 0.0904. The molecule has 128 valence electrons. The van der Waals surface area contributed by atoms with Crippen molar-refractivity contribution in [1.29, 1.82) is 0 Å². The lowest BCUT2D eigenvalue weighted by Crippen LogP contribution is -2.11. The number of rotatable bonds is 5. The third kappa shape index (κ3) is 2.89. The second-order valence-electron chi connectivity index (χ2n) is 5.49. The van der Waals surface area contributed by atoms with Crippen LogP contribution < -0.4 is 5.32 Å². The zero-order chi connectivity index (χ0) is 18.1. The van der Waals surface area contributed by atoms with E-state index in [0.29, 0.717) is 11.1 Å². The minimum absolute atomic E-state index is 0.00762. The number of ketones is 1. The molecule has 2 aromatic carbocycles. The van der Waals surface area contributed by atoms with E-state index in [4.69, 9.17) is 0 Å². The van der Waals surface area contributed by atoms with Crippen molar-refractivity contribution in [2.45, 2.75) is 0 Å². The number of aromatic nitrogens is 2. The number of carbonyl (C=O) groups is 1. The van der Waals surface area contributed by atoms with Crippen LogP contribution in [0.15, 0.2) is 37.2 Å². The second kappa shape index (κ2) is 6.45. The molecule has 7 heteroatoms. The van der Waals surface area contributed by atoms with E-state index in [1.807, 2.05) is 0 Å². The van der Waals surface area contributed by atoms with Gasteiger partial charge in [0.15, 0.2) is 11.6 Å². The van der Waals surface area contributed by atoms with E-state index in [2.05, 4.69) is 16.9 Å². The molecule has 0 saturated heterocycles. The van der Waals surface area contributed by atoms with Crippen LogP contribution in [0, 0.1) is 11.6 Å². The number of aryl methyl sites for hydroxylation is 1. The summed E-state index contributed by atoms with van der Waals surface area (Å²) in [5, 5.41) is 11.8. The first-order chi connectivity index (χ1) is 12.0. The van der Waals surface area contributed by atoms with Gasteiger partial charge in [-0.25, -0.2) is 13.8 Å². The van der Waals surface area contributed by atoms with Crippen LogP contribution in [0.4, 0.5) is 20.2 Å². The maximum Gasteiger partial charge on any atom is 0.190 e. The SMILES string of the molecule is C=Cc1ccc(Nc2c(C(=O)CO)cc3c(ncn3C)c2F)c(F)c1. The topological polar surface area (TPSA) is 67.2 Å². The van der Waals surface area contributed by atoms with Gasteiger partial charge in [0.2, 0.25) is 0 Å². The summed E-state index contributed by atoms with van der Waals surface area (Å²) >= 11 is 0. The first-order valence-electron chi connectivity index (χ1n) is 7.43. The van der Waals surface area contributed by atoms with Gasteiger partial charge in [-0.1, -0.05) is 18.7 Å². The molecule has 5 nitrogen and oxygen atoms in total. The highest BCUT2D eigenvalue weighted by Gasteiger charge is 2.21. The molecule has 3 aromatic rings. The number of halogens is 2. The largest absolute Gasteiger partial charge is 0.388 e. The number of Topliss-reactive ketones (excluding diaryl/α,β-unsaturated/α-hetero) is 1.